The van der Waals surface area contributed by atoms with Crippen LogP contribution in [0.2, 0.25) is 0 Å². The predicted octanol–water partition coefficient (Wildman–Crippen LogP) is 3.26. The standard InChI is InChI=1S/C25H33N3O6S2/c1-25(2,24(30)28-36(3,31)32)13-33-23-21(35-17-7-5-4-6-8-17)20(34-27-23)22(29)26-19-16-10-14-9-15(12-16)18(19)11-14/h4-8,14-16,18-19,24,28,30H,9-13H2,1-3H3,(H,26,29). The molecule has 4 bridgehead atoms. The van der Waals surface area contributed by atoms with Gasteiger partial charge >= 0.3 is 0 Å². The van der Waals surface area contributed by atoms with Gasteiger partial charge in [-0.05, 0) is 66.6 Å². The summed E-state index contributed by atoms with van der Waals surface area (Å²) < 4.78 is 36.7. The van der Waals surface area contributed by atoms with Crippen molar-refractivity contribution in [1.29, 1.82) is 0 Å². The van der Waals surface area contributed by atoms with Crippen LogP contribution in [0, 0.1) is 29.1 Å². The van der Waals surface area contributed by atoms with Crippen LogP contribution in [0.1, 0.15) is 50.1 Å². The van der Waals surface area contributed by atoms with Gasteiger partial charge < -0.3 is 19.7 Å². The number of carbonyl (C=O) groups excluding carboxylic acids is 1. The summed E-state index contributed by atoms with van der Waals surface area (Å²) in [7, 11) is -3.61. The van der Waals surface area contributed by atoms with E-state index in [2.05, 4.69) is 15.2 Å². The van der Waals surface area contributed by atoms with E-state index in [1.54, 1.807) is 13.8 Å². The molecule has 1 aromatic carbocycles. The van der Waals surface area contributed by atoms with Crippen LogP contribution in [0.3, 0.4) is 0 Å². The molecule has 6 rings (SSSR count). The molecule has 1 aromatic heterocycles. The van der Waals surface area contributed by atoms with Gasteiger partial charge in [-0.15, -0.1) is 0 Å². The SMILES string of the molecule is CC(C)(COc1noc(C(=O)NC2C3CC4CC(C3)C2C4)c1Sc1ccccc1)C(O)NS(C)(=O)=O. The number of hydrogen-bond acceptors (Lipinski definition) is 8. The smallest absolute Gasteiger partial charge is 0.291 e. The minimum absolute atomic E-state index is 0.0670. The summed E-state index contributed by atoms with van der Waals surface area (Å²) in [6.45, 7) is 3.26. The summed E-state index contributed by atoms with van der Waals surface area (Å²) in [5.74, 6) is 2.55. The van der Waals surface area contributed by atoms with Crippen molar-refractivity contribution in [1.82, 2.24) is 15.2 Å². The molecule has 36 heavy (non-hydrogen) atoms. The molecule has 6 unspecified atom stereocenters. The number of sulfonamides is 1. The maximum Gasteiger partial charge on any atom is 0.291 e. The van der Waals surface area contributed by atoms with Crippen molar-refractivity contribution in [3.05, 3.63) is 36.1 Å². The van der Waals surface area contributed by atoms with E-state index >= 15 is 0 Å². The summed E-state index contributed by atoms with van der Waals surface area (Å²) >= 11 is 1.32. The second-order valence-electron chi connectivity index (χ2n) is 11.1. The third-order valence-electron chi connectivity index (χ3n) is 7.79. The summed E-state index contributed by atoms with van der Waals surface area (Å²) in [4.78, 5) is 14.7. The van der Waals surface area contributed by atoms with E-state index < -0.39 is 21.7 Å². The highest BCUT2D eigenvalue weighted by atomic mass is 32.2. The van der Waals surface area contributed by atoms with Crippen LogP contribution in [0.5, 0.6) is 5.88 Å². The fourth-order valence-electron chi connectivity index (χ4n) is 6.07. The Bertz CT molecular complexity index is 1210. The van der Waals surface area contributed by atoms with E-state index in [0.717, 1.165) is 23.0 Å². The molecule has 0 spiro atoms. The van der Waals surface area contributed by atoms with Gasteiger partial charge in [-0.1, -0.05) is 43.8 Å². The van der Waals surface area contributed by atoms with Crippen LogP contribution < -0.4 is 14.8 Å². The van der Waals surface area contributed by atoms with Crippen molar-refractivity contribution in [2.24, 2.45) is 29.1 Å². The highest BCUT2D eigenvalue weighted by Gasteiger charge is 2.54. The Labute approximate surface area is 215 Å². The maximum atomic E-state index is 13.4. The number of aliphatic hydroxyl groups excluding tert-OH is 1. The predicted molar refractivity (Wildman–Crippen MR) is 134 cm³/mol. The first kappa shape index (κ1) is 25.6. The zero-order chi connectivity index (χ0) is 25.7. The van der Waals surface area contributed by atoms with Crippen molar-refractivity contribution in [2.45, 2.75) is 61.6 Å². The Morgan fingerprint density at radius 1 is 1.22 bits per heavy atom. The second-order valence-corrected chi connectivity index (χ2v) is 14.0. The molecule has 4 aliphatic rings. The second kappa shape index (κ2) is 9.66. The van der Waals surface area contributed by atoms with Crippen molar-refractivity contribution >= 4 is 27.7 Å². The molecular weight excluding hydrogens is 502 g/mol. The molecule has 11 heteroatoms. The van der Waals surface area contributed by atoms with Crippen molar-refractivity contribution in [3.8, 4) is 5.88 Å². The van der Waals surface area contributed by atoms with Gasteiger partial charge in [-0.25, -0.2) is 8.42 Å². The fourth-order valence-corrected chi connectivity index (χ4v) is 7.73. The average Bonchev–Trinajstić information content (AvgIpc) is 3.41. The van der Waals surface area contributed by atoms with Crippen molar-refractivity contribution < 1.29 is 27.6 Å². The van der Waals surface area contributed by atoms with Crippen LogP contribution in [-0.2, 0) is 10.0 Å². The quantitative estimate of drug-likeness (QED) is 0.395. The van der Waals surface area contributed by atoms with Gasteiger partial charge in [0.15, 0.2) is 0 Å². The first-order valence-corrected chi connectivity index (χ1v) is 15.0. The Balaban J connectivity index is 1.35. The molecule has 3 N–H and O–H groups in total. The number of rotatable bonds is 10. The van der Waals surface area contributed by atoms with Crippen LogP contribution in [0.15, 0.2) is 44.6 Å². The lowest BCUT2D eigenvalue weighted by atomic mass is 9.79. The molecule has 1 amide bonds. The molecule has 6 atom stereocenters. The minimum atomic E-state index is -3.61. The number of amides is 1. The van der Waals surface area contributed by atoms with Gasteiger partial charge in [0.25, 0.3) is 11.8 Å². The van der Waals surface area contributed by atoms with E-state index in [1.165, 1.54) is 37.4 Å². The first-order valence-electron chi connectivity index (χ1n) is 12.3. The zero-order valence-electron chi connectivity index (χ0n) is 20.6. The normalized spacial score (nSPS) is 27.8. The third-order valence-corrected chi connectivity index (χ3v) is 9.52. The Hall–Kier alpha value is -2.08. The number of aliphatic hydroxyl groups is 1. The molecule has 196 valence electrons. The number of benzene rings is 1. The number of hydrogen-bond donors (Lipinski definition) is 3. The van der Waals surface area contributed by atoms with E-state index in [0.29, 0.717) is 16.7 Å². The fraction of sp³-hybridized carbons (Fsp3) is 0.600. The Morgan fingerprint density at radius 2 is 1.94 bits per heavy atom. The number of nitrogens with one attached hydrogen (secondary N) is 2. The van der Waals surface area contributed by atoms with Crippen LogP contribution >= 0.6 is 11.8 Å². The van der Waals surface area contributed by atoms with Crippen molar-refractivity contribution in [2.75, 3.05) is 12.9 Å². The molecule has 9 nitrogen and oxygen atoms in total. The van der Waals surface area contributed by atoms with E-state index in [9.17, 15) is 18.3 Å². The van der Waals surface area contributed by atoms with E-state index in [1.807, 2.05) is 30.3 Å². The molecule has 4 fully saturated rings. The van der Waals surface area contributed by atoms with Gasteiger partial charge in [0.05, 0.1) is 12.9 Å². The van der Waals surface area contributed by atoms with Gasteiger partial charge in [0.1, 0.15) is 11.1 Å². The van der Waals surface area contributed by atoms with Crippen molar-refractivity contribution in [3.63, 3.8) is 0 Å². The van der Waals surface area contributed by atoms with E-state index in [-0.39, 0.29) is 30.2 Å². The average molecular weight is 536 g/mol. The molecule has 0 saturated heterocycles. The van der Waals surface area contributed by atoms with Crippen LogP contribution in [0.25, 0.3) is 0 Å². The molecular formula is C25H33N3O6S2. The molecule has 2 aromatic rings. The molecule has 4 aliphatic carbocycles. The van der Waals surface area contributed by atoms with Gasteiger partial charge in [0, 0.05) is 16.4 Å². The van der Waals surface area contributed by atoms with Gasteiger partial charge in [0.2, 0.25) is 15.8 Å². The first-order chi connectivity index (χ1) is 17.0. The Kier molecular flexibility index (Phi) is 6.86. The highest BCUT2D eigenvalue weighted by Crippen LogP contribution is 2.58. The summed E-state index contributed by atoms with van der Waals surface area (Å²) in [6.07, 6.45) is 4.47. The lowest BCUT2D eigenvalue weighted by Gasteiger charge is -2.32. The number of aromatic nitrogens is 1. The number of ether oxygens (including phenoxy) is 1. The monoisotopic (exact) mass is 535 g/mol. The Morgan fingerprint density at radius 3 is 2.64 bits per heavy atom. The molecule has 4 saturated carbocycles. The van der Waals surface area contributed by atoms with Gasteiger partial charge in [-0.2, -0.15) is 4.72 Å². The summed E-state index contributed by atoms with van der Waals surface area (Å²) in [6, 6.07) is 9.71. The van der Waals surface area contributed by atoms with Crippen LogP contribution in [0.4, 0.5) is 0 Å². The summed E-state index contributed by atoms with van der Waals surface area (Å²) in [5, 5.41) is 17.7. The summed E-state index contributed by atoms with van der Waals surface area (Å²) in [5.41, 5.74) is -0.985. The maximum absolute atomic E-state index is 13.4. The van der Waals surface area contributed by atoms with Crippen LogP contribution in [-0.4, -0.2) is 49.7 Å². The topological polar surface area (TPSA) is 131 Å². The van der Waals surface area contributed by atoms with Gasteiger partial charge in [-0.3, -0.25) is 4.79 Å². The highest BCUT2D eigenvalue weighted by molar-refractivity contribution is 7.99. The third kappa shape index (κ3) is 5.29. The molecule has 1 heterocycles. The molecule has 0 radical (unpaired) electrons. The van der Waals surface area contributed by atoms with E-state index in [4.69, 9.17) is 9.26 Å². The number of nitrogens with zero attached hydrogens (tertiary/aromatic N) is 1. The largest absolute Gasteiger partial charge is 0.474 e. The lowest BCUT2D eigenvalue weighted by Crippen LogP contribution is -2.47. The lowest BCUT2D eigenvalue weighted by molar-refractivity contribution is 0.00605. The number of carbonyl (C=O) groups is 1. The molecule has 0 aliphatic heterocycles. The zero-order valence-corrected chi connectivity index (χ0v) is 22.3. The minimum Gasteiger partial charge on any atom is -0.474 e.